The lowest BCUT2D eigenvalue weighted by Crippen LogP contribution is -2.35. The summed E-state index contributed by atoms with van der Waals surface area (Å²) in [7, 11) is 0. The van der Waals surface area contributed by atoms with Gasteiger partial charge in [-0.25, -0.2) is 0 Å². The smallest absolute Gasteiger partial charge is 0.252 e. The Bertz CT molecular complexity index is 1300. The topological polar surface area (TPSA) is 81.9 Å². The molecule has 2 fully saturated rings. The van der Waals surface area contributed by atoms with Crippen LogP contribution in [0, 0.1) is 16.7 Å². The van der Waals surface area contributed by atoms with E-state index >= 15 is 0 Å². The number of hydrogen-bond donors (Lipinski definition) is 1. The van der Waals surface area contributed by atoms with E-state index in [0.717, 1.165) is 46.4 Å². The van der Waals surface area contributed by atoms with Crippen LogP contribution in [0.25, 0.3) is 22.0 Å². The number of aromatic nitrogens is 2. The molecule has 0 spiro atoms. The molecule has 1 unspecified atom stereocenters. The first kappa shape index (κ1) is 22.1. The van der Waals surface area contributed by atoms with E-state index in [0.29, 0.717) is 18.0 Å². The van der Waals surface area contributed by atoms with E-state index in [1.54, 1.807) is 12.3 Å². The van der Waals surface area contributed by atoms with Crippen LogP contribution in [0.15, 0.2) is 61.1 Å². The number of carbonyl (C=O) groups is 1. The summed E-state index contributed by atoms with van der Waals surface area (Å²) in [6.45, 7) is 9.50. The molecule has 1 atom stereocenters. The van der Waals surface area contributed by atoms with Gasteiger partial charge in [-0.05, 0) is 54.5 Å². The zero-order chi connectivity index (χ0) is 23.9. The second-order valence-corrected chi connectivity index (χ2v) is 10.2. The van der Waals surface area contributed by atoms with Gasteiger partial charge in [0.1, 0.15) is 6.04 Å². The van der Waals surface area contributed by atoms with Gasteiger partial charge in [-0.15, -0.1) is 0 Å². The van der Waals surface area contributed by atoms with Crippen molar-refractivity contribution in [1.29, 1.82) is 5.26 Å². The Morgan fingerprint density at radius 2 is 2.00 bits per heavy atom. The number of benzene rings is 1. The van der Waals surface area contributed by atoms with E-state index in [-0.39, 0.29) is 17.4 Å². The average molecular weight is 452 g/mol. The lowest BCUT2D eigenvalue weighted by atomic mass is 9.91. The molecule has 3 heterocycles. The minimum atomic E-state index is -0.205. The summed E-state index contributed by atoms with van der Waals surface area (Å²) in [5, 5.41) is 13.3. The van der Waals surface area contributed by atoms with Gasteiger partial charge in [-0.1, -0.05) is 32.6 Å². The maximum atomic E-state index is 13.2. The first-order valence-electron chi connectivity index (χ1n) is 11.8. The highest BCUT2D eigenvalue weighted by atomic mass is 16.1. The molecule has 2 aromatic heterocycles. The van der Waals surface area contributed by atoms with Crippen molar-refractivity contribution in [2.24, 2.45) is 5.41 Å². The summed E-state index contributed by atoms with van der Waals surface area (Å²) in [6.07, 6.45) is 6.83. The summed E-state index contributed by atoms with van der Waals surface area (Å²) >= 11 is 0. The SMILES string of the molecule is C=C(CNC(=O)c1ccnc2ccc(-c3ccc(C4CC4)nc3)cc12)N1CC(C)(C)CC1C#N. The number of nitriles is 1. The van der Waals surface area contributed by atoms with Crippen LogP contribution in [0.2, 0.25) is 0 Å². The van der Waals surface area contributed by atoms with Crippen LogP contribution in [-0.2, 0) is 0 Å². The van der Waals surface area contributed by atoms with Crippen molar-refractivity contribution in [3.63, 3.8) is 0 Å². The predicted octanol–water partition coefficient (Wildman–Crippen LogP) is 5.04. The Morgan fingerprint density at radius 3 is 2.71 bits per heavy atom. The molecule has 5 rings (SSSR count). The summed E-state index contributed by atoms with van der Waals surface area (Å²) in [5.74, 6) is 0.440. The van der Waals surface area contributed by atoms with Crippen LogP contribution in [0.1, 0.15) is 55.1 Å². The zero-order valence-corrected chi connectivity index (χ0v) is 19.7. The Morgan fingerprint density at radius 1 is 1.21 bits per heavy atom. The number of fused-ring (bicyclic) bond motifs is 1. The number of pyridine rings is 2. The van der Waals surface area contributed by atoms with E-state index in [1.807, 2.05) is 29.3 Å². The van der Waals surface area contributed by atoms with Gasteiger partial charge in [-0.2, -0.15) is 5.26 Å². The van der Waals surface area contributed by atoms with E-state index in [9.17, 15) is 10.1 Å². The third-order valence-corrected chi connectivity index (χ3v) is 6.83. The molecule has 0 bridgehead atoms. The summed E-state index contributed by atoms with van der Waals surface area (Å²) in [5.41, 5.74) is 5.33. The minimum Gasteiger partial charge on any atom is -0.357 e. The van der Waals surface area contributed by atoms with E-state index in [1.165, 1.54) is 12.8 Å². The lowest BCUT2D eigenvalue weighted by Gasteiger charge is -2.25. The molecule has 2 aliphatic rings. The summed E-state index contributed by atoms with van der Waals surface area (Å²) < 4.78 is 0. The second-order valence-electron chi connectivity index (χ2n) is 10.2. The van der Waals surface area contributed by atoms with Crippen molar-refractivity contribution in [1.82, 2.24) is 20.2 Å². The fourth-order valence-corrected chi connectivity index (χ4v) is 4.82. The summed E-state index contributed by atoms with van der Waals surface area (Å²) in [6, 6.07) is 14.1. The van der Waals surface area contributed by atoms with Gasteiger partial charge in [0.05, 0.1) is 23.7 Å². The molecule has 172 valence electrons. The van der Waals surface area contributed by atoms with Gasteiger partial charge in [-0.3, -0.25) is 14.8 Å². The quantitative estimate of drug-likeness (QED) is 0.568. The Kier molecular flexibility index (Phi) is 5.57. The molecule has 1 N–H and O–H groups in total. The van der Waals surface area contributed by atoms with E-state index < -0.39 is 0 Å². The number of nitrogens with one attached hydrogen (secondary N) is 1. The van der Waals surface area contributed by atoms with Crippen molar-refractivity contribution in [3.8, 4) is 17.2 Å². The third-order valence-electron chi connectivity index (χ3n) is 6.83. The van der Waals surface area contributed by atoms with Gasteiger partial charge in [0.2, 0.25) is 0 Å². The highest BCUT2D eigenvalue weighted by Gasteiger charge is 2.38. The summed E-state index contributed by atoms with van der Waals surface area (Å²) in [4.78, 5) is 24.2. The Balaban J connectivity index is 1.34. The fourth-order valence-electron chi connectivity index (χ4n) is 4.82. The van der Waals surface area contributed by atoms with Gasteiger partial charge < -0.3 is 10.2 Å². The average Bonchev–Trinajstić information content (AvgIpc) is 3.64. The molecule has 1 aliphatic heterocycles. The van der Waals surface area contributed by atoms with E-state index in [2.05, 4.69) is 53.9 Å². The maximum Gasteiger partial charge on any atom is 0.252 e. The predicted molar refractivity (Wildman–Crippen MR) is 133 cm³/mol. The highest BCUT2D eigenvalue weighted by Crippen LogP contribution is 2.39. The first-order valence-corrected chi connectivity index (χ1v) is 11.8. The van der Waals surface area contributed by atoms with Crippen molar-refractivity contribution in [3.05, 3.63) is 72.3 Å². The molecule has 3 aromatic rings. The van der Waals surface area contributed by atoms with Gasteiger partial charge in [0, 0.05) is 47.2 Å². The number of amides is 1. The molecule has 1 aromatic carbocycles. The zero-order valence-electron chi connectivity index (χ0n) is 19.7. The molecule has 6 heteroatoms. The Hall–Kier alpha value is -3.72. The lowest BCUT2D eigenvalue weighted by molar-refractivity contribution is 0.0955. The van der Waals surface area contributed by atoms with Crippen molar-refractivity contribution in [2.75, 3.05) is 13.1 Å². The normalized spacial score (nSPS) is 19.1. The van der Waals surface area contributed by atoms with Crippen molar-refractivity contribution < 1.29 is 4.79 Å². The maximum absolute atomic E-state index is 13.2. The molecule has 0 radical (unpaired) electrons. The third kappa shape index (κ3) is 4.38. The second kappa shape index (κ2) is 8.57. The number of likely N-dealkylation sites (tertiary alicyclic amines) is 1. The van der Waals surface area contributed by atoms with Crippen LogP contribution in [0.5, 0.6) is 0 Å². The molecule has 1 saturated heterocycles. The molecular formula is C28H29N5O. The molecule has 34 heavy (non-hydrogen) atoms. The number of carbonyl (C=O) groups excluding carboxylic acids is 1. The van der Waals surface area contributed by atoms with Gasteiger partial charge >= 0.3 is 0 Å². The number of rotatable bonds is 6. The largest absolute Gasteiger partial charge is 0.357 e. The van der Waals surface area contributed by atoms with Crippen LogP contribution in [0.4, 0.5) is 0 Å². The number of hydrogen-bond acceptors (Lipinski definition) is 5. The highest BCUT2D eigenvalue weighted by molar-refractivity contribution is 6.07. The first-order chi connectivity index (χ1) is 16.3. The minimum absolute atomic E-state index is 0.0523. The molecule has 1 saturated carbocycles. The molecule has 1 aliphatic carbocycles. The van der Waals surface area contributed by atoms with Crippen LogP contribution in [0.3, 0.4) is 0 Å². The van der Waals surface area contributed by atoms with Crippen LogP contribution >= 0.6 is 0 Å². The molecule has 6 nitrogen and oxygen atoms in total. The standard InChI is InChI=1S/C28H29N5O/c1-18(33-17-28(2,3)13-22(33)14-29)15-32-27(34)23-10-11-30-26-9-6-20(12-24(23)26)21-7-8-25(31-16-21)19-4-5-19/h6-12,16,19,22H,1,4-5,13,15,17H2,2-3H3,(H,32,34). The van der Waals surface area contributed by atoms with Gasteiger partial charge in [0.15, 0.2) is 0 Å². The Labute approximate surface area is 200 Å². The van der Waals surface area contributed by atoms with E-state index in [4.69, 9.17) is 0 Å². The van der Waals surface area contributed by atoms with Crippen LogP contribution in [-0.4, -0.2) is 39.9 Å². The van der Waals surface area contributed by atoms with Crippen molar-refractivity contribution >= 4 is 16.8 Å². The van der Waals surface area contributed by atoms with Crippen molar-refractivity contribution in [2.45, 2.75) is 45.1 Å². The molecular weight excluding hydrogens is 422 g/mol. The molecule has 1 amide bonds. The monoisotopic (exact) mass is 451 g/mol. The fraction of sp³-hybridized carbons (Fsp3) is 0.357. The van der Waals surface area contributed by atoms with Gasteiger partial charge in [0.25, 0.3) is 5.91 Å². The number of nitrogens with zero attached hydrogens (tertiary/aromatic N) is 4. The van der Waals surface area contributed by atoms with Crippen LogP contribution < -0.4 is 5.32 Å².